The van der Waals surface area contributed by atoms with Crippen LogP contribution in [-0.2, 0) is 4.74 Å². The monoisotopic (exact) mass is 374 g/mol. The van der Waals surface area contributed by atoms with Gasteiger partial charge in [-0.15, -0.1) is 0 Å². The van der Waals surface area contributed by atoms with Gasteiger partial charge in [-0.25, -0.2) is 15.0 Å². The van der Waals surface area contributed by atoms with Crippen molar-refractivity contribution in [1.29, 1.82) is 0 Å². The van der Waals surface area contributed by atoms with Crippen molar-refractivity contribution in [2.45, 2.75) is 44.6 Å². The lowest BCUT2D eigenvalue weighted by atomic mass is 9.96. The van der Waals surface area contributed by atoms with Gasteiger partial charge >= 0.3 is 0 Å². The van der Waals surface area contributed by atoms with Crippen LogP contribution in [-0.4, -0.2) is 52.6 Å². The average Bonchev–Trinajstić information content (AvgIpc) is 3.40. The first-order valence-corrected chi connectivity index (χ1v) is 10.2. The van der Waals surface area contributed by atoms with Gasteiger partial charge in [0.05, 0.1) is 0 Å². The number of rotatable bonds is 5. The van der Waals surface area contributed by atoms with E-state index >= 15 is 0 Å². The first-order chi connectivity index (χ1) is 12.7. The summed E-state index contributed by atoms with van der Waals surface area (Å²) in [6, 6.07) is 2.05. The second kappa shape index (κ2) is 7.84. The third-order valence-electron chi connectivity index (χ3n) is 5.37. The molecule has 26 heavy (non-hydrogen) atoms. The lowest BCUT2D eigenvalue weighted by molar-refractivity contribution is 0.113. The second-order valence-corrected chi connectivity index (χ2v) is 7.77. The van der Waals surface area contributed by atoms with Crippen molar-refractivity contribution in [3.8, 4) is 0 Å². The molecule has 2 fully saturated rings. The zero-order valence-electron chi connectivity index (χ0n) is 15.5. The van der Waals surface area contributed by atoms with Crippen LogP contribution >= 0.6 is 11.5 Å². The quantitative estimate of drug-likeness (QED) is 0.797. The van der Waals surface area contributed by atoms with Gasteiger partial charge in [0.1, 0.15) is 17.7 Å². The Balaban J connectivity index is 1.39. The van der Waals surface area contributed by atoms with Crippen molar-refractivity contribution in [3.63, 3.8) is 0 Å². The van der Waals surface area contributed by atoms with Gasteiger partial charge in [-0.1, -0.05) is 0 Å². The highest BCUT2D eigenvalue weighted by atomic mass is 32.1. The van der Waals surface area contributed by atoms with Crippen LogP contribution in [0.2, 0.25) is 0 Å². The molecule has 8 heteroatoms. The minimum atomic E-state index is -0.0562. The van der Waals surface area contributed by atoms with Crippen LogP contribution in [0.4, 0.5) is 10.9 Å². The van der Waals surface area contributed by atoms with E-state index in [1.165, 1.54) is 24.4 Å². The Kier molecular flexibility index (Phi) is 5.31. The van der Waals surface area contributed by atoms with E-state index in [-0.39, 0.29) is 6.10 Å². The number of hydrogen-bond acceptors (Lipinski definition) is 8. The van der Waals surface area contributed by atoms with Crippen molar-refractivity contribution < 1.29 is 4.74 Å². The first kappa shape index (κ1) is 17.6. The zero-order chi connectivity index (χ0) is 17.9. The Morgan fingerprint density at radius 1 is 1.12 bits per heavy atom. The third kappa shape index (κ3) is 3.66. The molecule has 2 aliphatic rings. The molecule has 2 aromatic heterocycles. The lowest BCUT2D eigenvalue weighted by Gasteiger charge is -2.31. The van der Waals surface area contributed by atoms with Crippen molar-refractivity contribution in [3.05, 3.63) is 23.9 Å². The van der Waals surface area contributed by atoms with Crippen molar-refractivity contribution in [2.24, 2.45) is 0 Å². The maximum atomic E-state index is 5.31. The molecule has 0 amide bonds. The number of nitrogens with zero attached hydrogens (tertiary/aromatic N) is 6. The van der Waals surface area contributed by atoms with Gasteiger partial charge in [0, 0.05) is 56.9 Å². The summed E-state index contributed by atoms with van der Waals surface area (Å²) in [6.07, 6.45) is 6.51. The number of aromatic nitrogens is 4. The van der Waals surface area contributed by atoms with Crippen LogP contribution in [0.15, 0.2) is 12.3 Å². The summed E-state index contributed by atoms with van der Waals surface area (Å²) in [4.78, 5) is 18.8. The lowest BCUT2D eigenvalue weighted by Crippen LogP contribution is -2.33. The molecule has 0 N–H and O–H groups in total. The van der Waals surface area contributed by atoms with Crippen molar-refractivity contribution in [1.82, 2.24) is 19.3 Å². The van der Waals surface area contributed by atoms with Gasteiger partial charge in [-0.3, -0.25) is 0 Å². The molecule has 2 aliphatic heterocycles. The number of hydrogen-bond donors (Lipinski definition) is 0. The van der Waals surface area contributed by atoms with E-state index in [4.69, 9.17) is 9.72 Å². The molecule has 2 aromatic rings. The fraction of sp³-hybridized carbons (Fsp3) is 0.667. The SMILES string of the molecule is COC(C)c1nsc(N2CCC(c3nccc(N4CCCC4)n3)CC2)n1. The van der Waals surface area contributed by atoms with Gasteiger partial charge in [0.2, 0.25) is 5.13 Å². The highest BCUT2D eigenvalue weighted by Gasteiger charge is 2.26. The summed E-state index contributed by atoms with van der Waals surface area (Å²) < 4.78 is 9.74. The summed E-state index contributed by atoms with van der Waals surface area (Å²) in [5.74, 6) is 3.30. The predicted molar refractivity (Wildman–Crippen MR) is 103 cm³/mol. The highest BCUT2D eigenvalue weighted by molar-refractivity contribution is 7.09. The summed E-state index contributed by atoms with van der Waals surface area (Å²) in [5, 5.41) is 0.995. The molecule has 4 heterocycles. The number of anilines is 2. The predicted octanol–water partition coefficient (Wildman–Crippen LogP) is 3.02. The summed E-state index contributed by atoms with van der Waals surface area (Å²) >= 11 is 1.46. The fourth-order valence-corrected chi connectivity index (χ4v) is 4.43. The van der Waals surface area contributed by atoms with E-state index < -0.39 is 0 Å². The average molecular weight is 375 g/mol. The molecule has 140 valence electrons. The van der Waals surface area contributed by atoms with Crippen LogP contribution in [0.1, 0.15) is 56.3 Å². The normalized spacial score (nSPS) is 19.9. The zero-order valence-corrected chi connectivity index (χ0v) is 16.3. The second-order valence-electron chi connectivity index (χ2n) is 7.04. The summed E-state index contributed by atoms with van der Waals surface area (Å²) in [7, 11) is 1.69. The molecule has 7 nitrogen and oxygen atoms in total. The molecular weight excluding hydrogens is 348 g/mol. The van der Waals surface area contributed by atoms with Crippen molar-refractivity contribution >= 4 is 22.5 Å². The van der Waals surface area contributed by atoms with E-state index in [1.807, 2.05) is 19.2 Å². The van der Waals surface area contributed by atoms with E-state index in [2.05, 4.69) is 24.1 Å². The van der Waals surface area contributed by atoms with E-state index in [0.29, 0.717) is 5.92 Å². The van der Waals surface area contributed by atoms with Crippen LogP contribution in [0.25, 0.3) is 0 Å². The Morgan fingerprint density at radius 2 is 1.88 bits per heavy atom. The molecule has 0 aromatic carbocycles. The van der Waals surface area contributed by atoms with Gasteiger partial charge < -0.3 is 14.5 Å². The minimum Gasteiger partial charge on any atom is -0.374 e. The molecule has 0 bridgehead atoms. The standard InChI is InChI=1S/C18H26N6OS/c1-13(25-2)16-21-18(26-22-16)24-11-6-14(7-12-24)17-19-8-5-15(20-17)23-9-3-4-10-23/h5,8,13-14H,3-4,6-7,9-12H2,1-2H3. The fourth-order valence-electron chi connectivity index (χ4n) is 3.64. The third-order valence-corrected chi connectivity index (χ3v) is 6.16. The Bertz CT molecular complexity index is 724. The molecule has 1 unspecified atom stereocenters. The molecule has 0 radical (unpaired) electrons. The molecule has 0 aliphatic carbocycles. The number of piperidine rings is 1. The molecule has 4 rings (SSSR count). The van der Waals surface area contributed by atoms with E-state index in [0.717, 1.165) is 61.6 Å². The number of methoxy groups -OCH3 is 1. The van der Waals surface area contributed by atoms with Crippen LogP contribution in [0.5, 0.6) is 0 Å². The van der Waals surface area contributed by atoms with Crippen LogP contribution in [0.3, 0.4) is 0 Å². The van der Waals surface area contributed by atoms with Crippen molar-refractivity contribution in [2.75, 3.05) is 43.1 Å². The number of ether oxygens (including phenoxy) is 1. The molecule has 2 saturated heterocycles. The topological polar surface area (TPSA) is 67.3 Å². The highest BCUT2D eigenvalue weighted by Crippen LogP contribution is 2.31. The molecule has 0 saturated carbocycles. The Hall–Kier alpha value is -1.80. The van der Waals surface area contributed by atoms with Crippen LogP contribution < -0.4 is 9.80 Å². The van der Waals surface area contributed by atoms with E-state index in [1.54, 1.807) is 7.11 Å². The maximum absolute atomic E-state index is 5.31. The minimum absolute atomic E-state index is 0.0562. The van der Waals surface area contributed by atoms with Gasteiger partial charge in [0.15, 0.2) is 5.82 Å². The van der Waals surface area contributed by atoms with Gasteiger partial charge in [0.25, 0.3) is 0 Å². The Morgan fingerprint density at radius 3 is 2.62 bits per heavy atom. The molecule has 1 atom stereocenters. The largest absolute Gasteiger partial charge is 0.374 e. The smallest absolute Gasteiger partial charge is 0.205 e. The van der Waals surface area contributed by atoms with E-state index in [9.17, 15) is 0 Å². The molecular formula is C18H26N6OS. The van der Waals surface area contributed by atoms with Gasteiger partial charge in [-0.2, -0.15) is 4.37 Å². The first-order valence-electron chi connectivity index (χ1n) is 9.44. The molecule has 0 spiro atoms. The van der Waals surface area contributed by atoms with Crippen LogP contribution in [0, 0.1) is 0 Å². The maximum Gasteiger partial charge on any atom is 0.205 e. The summed E-state index contributed by atoms with van der Waals surface area (Å²) in [6.45, 7) is 6.15. The summed E-state index contributed by atoms with van der Waals surface area (Å²) in [5.41, 5.74) is 0. The Labute approximate surface area is 158 Å². The van der Waals surface area contributed by atoms with Gasteiger partial charge in [-0.05, 0) is 38.7 Å².